The Bertz CT molecular complexity index is 668. The van der Waals surface area contributed by atoms with Crippen LogP contribution >= 0.6 is 27.5 Å². The lowest BCUT2D eigenvalue weighted by molar-refractivity contribution is -0.127. The molecule has 0 fully saturated rings. The van der Waals surface area contributed by atoms with Crippen molar-refractivity contribution in [3.63, 3.8) is 0 Å². The first-order valence-corrected chi connectivity index (χ1v) is 7.86. The molecule has 5 nitrogen and oxygen atoms in total. The molecule has 2 rings (SSSR count). The van der Waals surface area contributed by atoms with Gasteiger partial charge in [0.15, 0.2) is 6.10 Å². The molecule has 1 heterocycles. The minimum atomic E-state index is -0.658. The van der Waals surface area contributed by atoms with E-state index in [2.05, 4.69) is 26.2 Å². The fraction of sp³-hybridized carbons (Fsp3) is 0.333. The largest absolute Gasteiger partial charge is 0.480 e. The number of halogens is 2. The van der Waals surface area contributed by atoms with E-state index in [0.29, 0.717) is 21.1 Å². The predicted molar refractivity (Wildman–Crippen MR) is 87.1 cm³/mol. The lowest BCUT2D eigenvalue weighted by Gasteiger charge is -2.15. The van der Waals surface area contributed by atoms with Gasteiger partial charge >= 0.3 is 0 Å². The van der Waals surface area contributed by atoms with Crippen molar-refractivity contribution in [2.24, 2.45) is 0 Å². The maximum absolute atomic E-state index is 12.0. The third kappa shape index (κ3) is 4.24. The van der Waals surface area contributed by atoms with Crippen LogP contribution < -0.4 is 10.1 Å². The fourth-order valence-corrected chi connectivity index (χ4v) is 2.51. The van der Waals surface area contributed by atoms with Gasteiger partial charge in [0.2, 0.25) is 5.89 Å². The maximum Gasteiger partial charge on any atom is 0.261 e. The molecule has 0 aliphatic carbocycles. The van der Waals surface area contributed by atoms with Crippen LogP contribution in [0.25, 0.3) is 0 Å². The van der Waals surface area contributed by atoms with Gasteiger partial charge in [0.05, 0.1) is 16.7 Å². The number of nitrogens with one attached hydrogen (secondary N) is 1. The van der Waals surface area contributed by atoms with E-state index in [9.17, 15) is 4.79 Å². The third-order valence-corrected chi connectivity index (χ3v) is 3.91. The Balaban J connectivity index is 1.91. The Hall–Kier alpha value is -1.53. The van der Waals surface area contributed by atoms with E-state index in [0.717, 1.165) is 11.5 Å². The SMILES string of the molecule is Cc1nc(CNC(=O)C(C)Oc2ccc(Cl)cc2Br)oc1C. The van der Waals surface area contributed by atoms with Gasteiger partial charge in [-0.3, -0.25) is 4.79 Å². The summed E-state index contributed by atoms with van der Waals surface area (Å²) in [5, 5.41) is 3.32. The normalized spacial score (nSPS) is 12.0. The molecule has 22 heavy (non-hydrogen) atoms. The van der Waals surface area contributed by atoms with Crippen molar-refractivity contribution >= 4 is 33.4 Å². The second-order valence-corrected chi connectivity index (χ2v) is 6.09. The van der Waals surface area contributed by atoms with Crippen LogP contribution in [0.15, 0.2) is 27.1 Å². The van der Waals surface area contributed by atoms with Crippen LogP contribution in [-0.2, 0) is 11.3 Å². The van der Waals surface area contributed by atoms with Gasteiger partial charge in [0.1, 0.15) is 11.5 Å². The molecule has 1 atom stereocenters. The topological polar surface area (TPSA) is 64.4 Å². The molecular weight excluding hydrogens is 372 g/mol. The van der Waals surface area contributed by atoms with Crippen LogP contribution in [0, 0.1) is 13.8 Å². The standard InChI is InChI=1S/C15H16BrClN2O3/c1-8-9(2)22-14(19-8)7-18-15(20)10(3)21-13-5-4-11(17)6-12(13)16/h4-6,10H,7H2,1-3H3,(H,18,20). The second kappa shape index (κ2) is 7.15. The van der Waals surface area contributed by atoms with Crippen LogP contribution in [0.2, 0.25) is 5.02 Å². The van der Waals surface area contributed by atoms with Gasteiger partial charge in [-0.05, 0) is 54.9 Å². The molecule has 7 heteroatoms. The van der Waals surface area contributed by atoms with Gasteiger partial charge in [0, 0.05) is 5.02 Å². The van der Waals surface area contributed by atoms with Crippen LogP contribution in [0.4, 0.5) is 0 Å². The van der Waals surface area contributed by atoms with Crippen molar-refractivity contribution in [3.8, 4) is 5.75 Å². The number of nitrogens with zero attached hydrogens (tertiary/aromatic N) is 1. The number of carbonyl (C=O) groups excluding carboxylic acids is 1. The molecule has 0 saturated heterocycles. The van der Waals surface area contributed by atoms with Gasteiger partial charge in [-0.2, -0.15) is 0 Å². The summed E-state index contributed by atoms with van der Waals surface area (Å²) >= 11 is 9.21. The van der Waals surface area contributed by atoms with E-state index < -0.39 is 6.10 Å². The number of carbonyl (C=O) groups is 1. The van der Waals surface area contributed by atoms with E-state index in [1.54, 1.807) is 25.1 Å². The van der Waals surface area contributed by atoms with Crippen molar-refractivity contribution in [2.75, 3.05) is 0 Å². The zero-order chi connectivity index (χ0) is 16.3. The molecule has 0 spiro atoms. The molecule has 1 unspecified atom stereocenters. The summed E-state index contributed by atoms with van der Waals surface area (Å²) in [5.74, 6) is 1.52. The van der Waals surface area contributed by atoms with Crippen molar-refractivity contribution < 1.29 is 13.9 Å². The minimum absolute atomic E-state index is 0.225. The first-order chi connectivity index (χ1) is 10.4. The smallest absolute Gasteiger partial charge is 0.261 e. The van der Waals surface area contributed by atoms with Gasteiger partial charge in [-0.1, -0.05) is 11.6 Å². The summed E-state index contributed by atoms with van der Waals surface area (Å²) < 4.78 is 11.7. The van der Waals surface area contributed by atoms with E-state index in [1.165, 1.54) is 0 Å². The van der Waals surface area contributed by atoms with Crippen LogP contribution in [-0.4, -0.2) is 17.0 Å². The number of amides is 1. The number of hydrogen-bond acceptors (Lipinski definition) is 4. The number of oxazole rings is 1. The van der Waals surface area contributed by atoms with E-state index in [1.807, 2.05) is 13.8 Å². The highest BCUT2D eigenvalue weighted by Crippen LogP contribution is 2.28. The lowest BCUT2D eigenvalue weighted by atomic mass is 10.3. The first kappa shape index (κ1) is 16.8. The average Bonchev–Trinajstić information content (AvgIpc) is 2.78. The van der Waals surface area contributed by atoms with E-state index >= 15 is 0 Å². The number of rotatable bonds is 5. The Morgan fingerprint density at radius 2 is 2.23 bits per heavy atom. The zero-order valence-electron chi connectivity index (χ0n) is 12.4. The van der Waals surface area contributed by atoms with Gasteiger partial charge in [-0.25, -0.2) is 4.98 Å². The quantitative estimate of drug-likeness (QED) is 0.848. The predicted octanol–water partition coefficient (Wildman–Crippen LogP) is 3.79. The molecule has 0 aliphatic heterocycles. The molecule has 118 valence electrons. The molecule has 1 amide bonds. The molecule has 0 radical (unpaired) electrons. The highest BCUT2D eigenvalue weighted by atomic mass is 79.9. The Morgan fingerprint density at radius 3 is 2.82 bits per heavy atom. The summed E-state index contributed by atoms with van der Waals surface area (Å²) in [5.41, 5.74) is 0.818. The number of hydrogen-bond donors (Lipinski definition) is 1. The highest BCUT2D eigenvalue weighted by Gasteiger charge is 2.17. The van der Waals surface area contributed by atoms with Crippen molar-refractivity contribution in [1.82, 2.24) is 10.3 Å². The molecule has 1 aromatic heterocycles. The van der Waals surface area contributed by atoms with Crippen molar-refractivity contribution in [1.29, 1.82) is 0 Å². The molecule has 2 aromatic rings. The van der Waals surface area contributed by atoms with Crippen molar-refractivity contribution in [2.45, 2.75) is 33.4 Å². The molecule has 0 saturated carbocycles. The van der Waals surface area contributed by atoms with Gasteiger partial charge in [-0.15, -0.1) is 0 Å². The van der Waals surface area contributed by atoms with Crippen molar-refractivity contribution in [3.05, 3.63) is 45.0 Å². The van der Waals surface area contributed by atoms with Gasteiger partial charge in [0.25, 0.3) is 5.91 Å². The summed E-state index contributed by atoms with van der Waals surface area (Å²) in [4.78, 5) is 16.2. The molecule has 1 aromatic carbocycles. The maximum atomic E-state index is 12.0. The molecular formula is C15H16BrClN2O3. The van der Waals surface area contributed by atoms with Crippen LogP contribution in [0.3, 0.4) is 0 Å². The number of ether oxygens (including phenoxy) is 1. The second-order valence-electron chi connectivity index (χ2n) is 4.80. The Kier molecular flexibility index (Phi) is 5.47. The summed E-state index contributed by atoms with van der Waals surface area (Å²) in [6.45, 7) is 5.58. The van der Waals surface area contributed by atoms with E-state index in [-0.39, 0.29) is 12.5 Å². The number of benzene rings is 1. The zero-order valence-corrected chi connectivity index (χ0v) is 14.8. The first-order valence-electron chi connectivity index (χ1n) is 6.69. The Morgan fingerprint density at radius 1 is 1.50 bits per heavy atom. The third-order valence-electron chi connectivity index (χ3n) is 3.05. The average molecular weight is 388 g/mol. The molecule has 0 aliphatic rings. The molecule has 0 bridgehead atoms. The number of aryl methyl sites for hydroxylation is 2. The monoisotopic (exact) mass is 386 g/mol. The highest BCUT2D eigenvalue weighted by molar-refractivity contribution is 9.10. The van der Waals surface area contributed by atoms with Gasteiger partial charge < -0.3 is 14.5 Å². The number of aromatic nitrogens is 1. The summed E-state index contributed by atoms with van der Waals surface area (Å²) in [6, 6.07) is 5.11. The minimum Gasteiger partial charge on any atom is -0.480 e. The van der Waals surface area contributed by atoms with E-state index in [4.69, 9.17) is 20.8 Å². The summed E-state index contributed by atoms with van der Waals surface area (Å²) in [6.07, 6.45) is -0.658. The fourth-order valence-electron chi connectivity index (χ4n) is 1.74. The molecule has 1 N–H and O–H groups in total. The Labute approximate surface area is 142 Å². The lowest BCUT2D eigenvalue weighted by Crippen LogP contribution is -2.36. The summed E-state index contributed by atoms with van der Waals surface area (Å²) in [7, 11) is 0. The van der Waals surface area contributed by atoms with Crippen LogP contribution in [0.5, 0.6) is 5.75 Å². The van der Waals surface area contributed by atoms with Crippen LogP contribution in [0.1, 0.15) is 24.3 Å².